The second kappa shape index (κ2) is 7.62. The van der Waals surface area contributed by atoms with Crippen molar-refractivity contribution in [1.29, 1.82) is 0 Å². The zero-order chi connectivity index (χ0) is 21.5. The van der Waals surface area contributed by atoms with Crippen molar-refractivity contribution in [3.05, 3.63) is 64.7 Å². The molecule has 2 aliphatic rings. The van der Waals surface area contributed by atoms with E-state index in [1.165, 1.54) is 0 Å². The van der Waals surface area contributed by atoms with Crippen LogP contribution >= 0.6 is 11.6 Å². The van der Waals surface area contributed by atoms with Gasteiger partial charge in [-0.2, -0.15) is 0 Å². The third-order valence-electron chi connectivity index (χ3n) is 6.09. The van der Waals surface area contributed by atoms with E-state index in [0.29, 0.717) is 22.9 Å². The number of nitrogens with one attached hydrogen (secondary N) is 1. The zero-order valence-electron chi connectivity index (χ0n) is 17.6. The van der Waals surface area contributed by atoms with Gasteiger partial charge in [-0.3, -0.25) is 9.59 Å². The smallest absolute Gasteiger partial charge is 0.270 e. The molecule has 2 amide bonds. The number of hydrogen-bond donors (Lipinski definition) is 1. The number of halogens is 1. The number of carbonyl (C=O) groups is 2. The highest BCUT2D eigenvalue weighted by Crippen LogP contribution is 2.52. The quantitative estimate of drug-likeness (QED) is 0.689. The maximum absolute atomic E-state index is 13.6. The van der Waals surface area contributed by atoms with Crippen LogP contribution in [0.4, 0.5) is 0 Å². The molecule has 1 aromatic heterocycles. The van der Waals surface area contributed by atoms with Gasteiger partial charge >= 0.3 is 0 Å². The molecule has 1 saturated heterocycles. The van der Waals surface area contributed by atoms with E-state index in [9.17, 15) is 9.59 Å². The minimum Gasteiger partial charge on any atom is -0.465 e. The molecule has 5 nitrogen and oxygen atoms in total. The van der Waals surface area contributed by atoms with Crippen LogP contribution in [0.2, 0.25) is 5.02 Å². The fourth-order valence-electron chi connectivity index (χ4n) is 5.31. The molecule has 2 unspecified atom stereocenters. The molecule has 1 N–H and O–H groups in total. The van der Waals surface area contributed by atoms with E-state index >= 15 is 0 Å². The molecule has 2 fully saturated rings. The summed E-state index contributed by atoms with van der Waals surface area (Å²) in [6.07, 6.45) is 6.21. The Hall–Kier alpha value is -2.53. The Labute approximate surface area is 182 Å². The van der Waals surface area contributed by atoms with Gasteiger partial charge in [0.15, 0.2) is 0 Å². The predicted octanol–water partition coefficient (Wildman–Crippen LogP) is 5.13. The van der Waals surface area contributed by atoms with Gasteiger partial charge in [-0.25, -0.2) is 0 Å². The number of fused-ring (bicyclic) bond motifs is 2. The molecule has 158 valence electrons. The van der Waals surface area contributed by atoms with E-state index in [0.717, 1.165) is 19.3 Å². The van der Waals surface area contributed by atoms with Gasteiger partial charge in [0.05, 0.1) is 6.26 Å². The first-order valence-corrected chi connectivity index (χ1v) is 10.7. The zero-order valence-corrected chi connectivity index (χ0v) is 18.3. The molecular formula is C24H27ClN2O3. The largest absolute Gasteiger partial charge is 0.465 e. The second-order valence-corrected chi connectivity index (χ2v) is 10.1. The van der Waals surface area contributed by atoms with E-state index in [-0.39, 0.29) is 34.4 Å². The lowest BCUT2D eigenvalue weighted by atomic mass is 9.65. The molecule has 4 rings (SSSR count). The number of furan rings is 1. The Morgan fingerprint density at radius 1 is 1.17 bits per heavy atom. The second-order valence-electron chi connectivity index (χ2n) is 9.68. The molecular weight excluding hydrogens is 400 g/mol. The number of likely N-dealkylation sites (tertiary alicyclic amines) is 1. The third kappa shape index (κ3) is 4.31. The third-order valence-corrected chi connectivity index (χ3v) is 6.34. The average Bonchev–Trinajstić information content (AvgIpc) is 3.25. The molecule has 2 atom stereocenters. The lowest BCUT2D eigenvalue weighted by Gasteiger charge is -2.39. The van der Waals surface area contributed by atoms with Gasteiger partial charge in [0.1, 0.15) is 11.5 Å². The molecule has 0 radical (unpaired) electrons. The van der Waals surface area contributed by atoms with E-state index in [1.54, 1.807) is 48.7 Å². The van der Waals surface area contributed by atoms with Gasteiger partial charge in [-0.1, -0.05) is 32.4 Å². The van der Waals surface area contributed by atoms with Crippen LogP contribution in [0.3, 0.4) is 0 Å². The molecule has 1 aliphatic carbocycles. The maximum atomic E-state index is 13.6. The van der Waals surface area contributed by atoms with E-state index in [2.05, 4.69) is 26.1 Å². The Kier molecular flexibility index (Phi) is 5.27. The molecule has 6 heteroatoms. The van der Waals surface area contributed by atoms with Gasteiger partial charge in [0, 0.05) is 29.2 Å². The summed E-state index contributed by atoms with van der Waals surface area (Å²) in [7, 11) is 0. The van der Waals surface area contributed by atoms with Crippen molar-refractivity contribution in [2.24, 2.45) is 10.8 Å². The van der Waals surface area contributed by atoms with Gasteiger partial charge < -0.3 is 14.6 Å². The SMILES string of the molecule is CC1(C)CC2CC(C)(CN2C(=O)/C(=C\c2ccco2)NC(=O)c2ccc(Cl)cc2)C1. The van der Waals surface area contributed by atoms with Crippen LogP contribution in [0.1, 0.15) is 56.2 Å². The summed E-state index contributed by atoms with van der Waals surface area (Å²) in [6, 6.07) is 10.3. The lowest BCUT2D eigenvalue weighted by molar-refractivity contribution is -0.128. The highest BCUT2D eigenvalue weighted by atomic mass is 35.5. The number of benzene rings is 1. The number of nitrogens with zero attached hydrogens (tertiary/aromatic N) is 1. The van der Waals surface area contributed by atoms with Crippen LogP contribution in [-0.2, 0) is 4.79 Å². The average molecular weight is 427 g/mol. The highest BCUT2D eigenvalue weighted by Gasteiger charge is 2.51. The van der Waals surface area contributed by atoms with Crippen molar-refractivity contribution in [3.8, 4) is 0 Å². The molecule has 1 aliphatic heterocycles. The van der Waals surface area contributed by atoms with Gasteiger partial charge in [0.25, 0.3) is 11.8 Å². The number of amides is 2. The van der Waals surface area contributed by atoms with E-state index < -0.39 is 0 Å². The predicted molar refractivity (Wildman–Crippen MR) is 117 cm³/mol. The first kappa shape index (κ1) is 20.7. The van der Waals surface area contributed by atoms with Crippen LogP contribution in [0, 0.1) is 10.8 Å². The molecule has 2 aromatic rings. The summed E-state index contributed by atoms with van der Waals surface area (Å²) in [6.45, 7) is 7.50. The van der Waals surface area contributed by atoms with E-state index in [1.807, 2.05) is 4.90 Å². The topological polar surface area (TPSA) is 62.6 Å². The van der Waals surface area contributed by atoms with Crippen molar-refractivity contribution in [2.45, 2.75) is 46.1 Å². The summed E-state index contributed by atoms with van der Waals surface area (Å²) >= 11 is 5.92. The molecule has 2 heterocycles. The Bertz CT molecular complexity index is 978. The first-order valence-electron chi connectivity index (χ1n) is 10.3. The molecule has 2 bridgehead atoms. The van der Waals surface area contributed by atoms with Gasteiger partial charge in [0.2, 0.25) is 0 Å². The van der Waals surface area contributed by atoms with E-state index in [4.69, 9.17) is 16.0 Å². The standard InChI is InChI=1S/C24H27ClN2O3/c1-23(2)12-18-13-24(3,14-23)15-27(18)22(29)20(11-19-5-4-10-30-19)26-21(28)16-6-8-17(25)9-7-16/h4-11,18H,12-15H2,1-3H3,(H,26,28)/b20-11+. The first-order chi connectivity index (χ1) is 14.1. The van der Waals surface area contributed by atoms with Gasteiger partial charge in [-0.05, 0) is 66.5 Å². The number of carbonyl (C=O) groups excluding carboxylic acids is 2. The van der Waals surface area contributed by atoms with Crippen molar-refractivity contribution < 1.29 is 14.0 Å². The summed E-state index contributed by atoms with van der Waals surface area (Å²) in [4.78, 5) is 28.3. The Morgan fingerprint density at radius 2 is 1.90 bits per heavy atom. The fraction of sp³-hybridized carbons (Fsp3) is 0.417. The molecule has 0 spiro atoms. The molecule has 30 heavy (non-hydrogen) atoms. The highest BCUT2D eigenvalue weighted by molar-refractivity contribution is 6.30. The van der Waals surface area contributed by atoms with Crippen LogP contribution in [0.25, 0.3) is 6.08 Å². The summed E-state index contributed by atoms with van der Waals surface area (Å²) in [5, 5.41) is 3.36. The van der Waals surface area contributed by atoms with Crippen molar-refractivity contribution in [1.82, 2.24) is 10.2 Å². The number of hydrogen-bond acceptors (Lipinski definition) is 3. The number of rotatable bonds is 4. The Morgan fingerprint density at radius 3 is 2.57 bits per heavy atom. The van der Waals surface area contributed by atoms with Crippen LogP contribution < -0.4 is 5.32 Å². The van der Waals surface area contributed by atoms with Crippen LogP contribution in [-0.4, -0.2) is 29.3 Å². The van der Waals surface area contributed by atoms with Crippen molar-refractivity contribution >= 4 is 29.5 Å². The molecule has 1 saturated carbocycles. The lowest BCUT2D eigenvalue weighted by Crippen LogP contribution is -2.42. The minimum absolute atomic E-state index is 0.109. The van der Waals surface area contributed by atoms with Crippen molar-refractivity contribution in [2.75, 3.05) is 6.54 Å². The van der Waals surface area contributed by atoms with Gasteiger partial charge in [-0.15, -0.1) is 0 Å². The summed E-state index contributed by atoms with van der Waals surface area (Å²) < 4.78 is 5.40. The summed E-state index contributed by atoms with van der Waals surface area (Å²) in [5.74, 6) is -0.00450. The molecule has 1 aromatic carbocycles. The summed E-state index contributed by atoms with van der Waals surface area (Å²) in [5.41, 5.74) is 0.965. The fourth-order valence-corrected chi connectivity index (χ4v) is 5.44. The monoisotopic (exact) mass is 426 g/mol. The normalized spacial score (nSPS) is 25.3. The van der Waals surface area contributed by atoms with Crippen LogP contribution in [0.15, 0.2) is 52.8 Å². The van der Waals surface area contributed by atoms with Crippen LogP contribution in [0.5, 0.6) is 0 Å². The Balaban J connectivity index is 1.61. The van der Waals surface area contributed by atoms with Crippen molar-refractivity contribution in [3.63, 3.8) is 0 Å². The minimum atomic E-state index is -0.355. The maximum Gasteiger partial charge on any atom is 0.270 e.